The second-order valence-electron chi connectivity index (χ2n) is 11.2. The van der Waals surface area contributed by atoms with Crippen molar-refractivity contribution in [3.63, 3.8) is 0 Å². The number of rotatable bonds is 2. The molecule has 0 heterocycles. The van der Waals surface area contributed by atoms with E-state index in [2.05, 4.69) is 40.7 Å². The van der Waals surface area contributed by atoms with Gasteiger partial charge < -0.3 is 0 Å². The molecule has 0 bridgehead atoms. The van der Waals surface area contributed by atoms with Crippen molar-refractivity contribution in [2.75, 3.05) is 0 Å². The van der Waals surface area contributed by atoms with Gasteiger partial charge in [-0.3, -0.25) is 0 Å². The van der Waals surface area contributed by atoms with Crippen LogP contribution in [-0.4, -0.2) is 0 Å². The molecule has 0 nitrogen and oxygen atoms in total. The van der Waals surface area contributed by atoms with Crippen LogP contribution in [0.3, 0.4) is 0 Å². The van der Waals surface area contributed by atoms with Crippen LogP contribution in [0.5, 0.6) is 0 Å². The summed E-state index contributed by atoms with van der Waals surface area (Å²) in [6, 6.07) is 0. The van der Waals surface area contributed by atoms with E-state index in [0.29, 0.717) is 16.2 Å². The molecule has 0 N–H and O–H groups in total. The van der Waals surface area contributed by atoms with Crippen LogP contribution in [0, 0.1) is 39.9 Å². The Morgan fingerprint density at radius 2 is 1.76 bits per heavy atom. The van der Waals surface area contributed by atoms with Crippen molar-refractivity contribution in [2.24, 2.45) is 39.9 Å². The van der Waals surface area contributed by atoms with Gasteiger partial charge in [0.2, 0.25) is 0 Å². The zero-order valence-corrected chi connectivity index (χ0v) is 17.7. The van der Waals surface area contributed by atoms with Crippen LogP contribution in [0.4, 0.5) is 0 Å². The monoisotopic (exact) mass is 342 g/mol. The van der Waals surface area contributed by atoms with E-state index in [4.69, 9.17) is 0 Å². The van der Waals surface area contributed by atoms with E-state index in [1.54, 1.807) is 0 Å². The zero-order valence-electron chi connectivity index (χ0n) is 17.7. The third-order valence-electron chi connectivity index (χ3n) is 10.1. The van der Waals surface area contributed by atoms with Gasteiger partial charge in [0.15, 0.2) is 0 Å². The highest BCUT2D eigenvalue weighted by atomic mass is 14.6. The fourth-order valence-corrected chi connectivity index (χ4v) is 8.44. The fraction of sp³-hybridized carbons (Fsp3) is 0.920. The average molecular weight is 343 g/mol. The Labute approximate surface area is 157 Å². The summed E-state index contributed by atoms with van der Waals surface area (Å²) in [4.78, 5) is 0. The highest BCUT2D eigenvalue weighted by molar-refractivity contribution is 5.27. The summed E-state index contributed by atoms with van der Waals surface area (Å²) in [5.74, 6) is 3.66. The zero-order chi connectivity index (χ0) is 17.9. The van der Waals surface area contributed by atoms with Crippen molar-refractivity contribution in [3.05, 3.63) is 11.6 Å². The number of allylic oxidation sites excluding steroid dienone is 2. The predicted octanol–water partition coefficient (Wildman–Crippen LogP) is 7.78. The Morgan fingerprint density at radius 1 is 0.960 bits per heavy atom. The minimum atomic E-state index is 0.567. The lowest BCUT2D eigenvalue weighted by molar-refractivity contribution is -0.102. The van der Waals surface area contributed by atoms with E-state index in [1.165, 1.54) is 70.6 Å². The number of hydrogen-bond acceptors (Lipinski definition) is 0. The first-order valence-corrected chi connectivity index (χ1v) is 11.5. The van der Waals surface area contributed by atoms with E-state index >= 15 is 0 Å². The van der Waals surface area contributed by atoms with E-state index < -0.39 is 0 Å². The molecule has 4 rings (SSSR count). The molecule has 0 aliphatic heterocycles. The second kappa shape index (κ2) is 6.13. The largest absolute Gasteiger partial charge is 0.0844 e. The third kappa shape index (κ3) is 2.52. The first kappa shape index (κ1) is 18.1. The summed E-state index contributed by atoms with van der Waals surface area (Å²) in [7, 11) is 0. The highest BCUT2D eigenvalue weighted by Crippen LogP contribution is 2.68. The van der Waals surface area contributed by atoms with E-state index in [0.717, 1.165) is 23.7 Å². The van der Waals surface area contributed by atoms with Crippen LogP contribution in [0.15, 0.2) is 11.6 Å². The first-order valence-electron chi connectivity index (χ1n) is 11.5. The summed E-state index contributed by atoms with van der Waals surface area (Å²) >= 11 is 0. The Bertz CT molecular complexity index is 544. The van der Waals surface area contributed by atoms with Crippen LogP contribution in [0.1, 0.15) is 105 Å². The number of hydrogen-bond donors (Lipinski definition) is 0. The van der Waals surface area contributed by atoms with Gasteiger partial charge in [0.1, 0.15) is 0 Å². The van der Waals surface area contributed by atoms with Gasteiger partial charge in [-0.15, -0.1) is 0 Å². The summed E-state index contributed by atoms with van der Waals surface area (Å²) in [6.45, 7) is 13.0. The Morgan fingerprint density at radius 3 is 2.52 bits per heavy atom. The van der Waals surface area contributed by atoms with Gasteiger partial charge in [-0.1, -0.05) is 65.5 Å². The lowest BCUT2D eigenvalue weighted by atomic mass is 9.41. The topological polar surface area (TPSA) is 0 Å². The lowest BCUT2D eigenvalue weighted by Gasteiger charge is -2.64. The molecular weight excluding hydrogens is 300 g/mol. The smallest absolute Gasteiger partial charge is 0.0143 e. The van der Waals surface area contributed by atoms with Gasteiger partial charge in [-0.25, -0.2) is 0 Å². The molecule has 7 atom stereocenters. The molecule has 0 amide bonds. The van der Waals surface area contributed by atoms with Crippen LogP contribution in [0.2, 0.25) is 0 Å². The first-order chi connectivity index (χ1) is 11.8. The molecule has 0 saturated heterocycles. The van der Waals surface area contributed by atoms with Gasteiger partial charge in [0, 0.05) is 0 Å². The standard InChI is InChI=1S/C25H42/c1-6-14-24(4)18(2)12-17-25(5)21-13-16-23(3)15-8-7-9-20(23)19(21)10-11-22(24)25/h10,18,20-22H,6-9,11-17H2,1-5H3/t18?,20?,21?,22?,23?,24-,25-/m0/s1. The second-order valence-corrected chi connectivity index (χ2v) is 11.2. The predicted molar refractivity (Wildman–Crippen MR) is 108 cm³/mol. The third-order valence-corrected chi connectivity index (χ3v) is 10.1. The summed E-state index contributed by atoms with van der Waals surface area (Å²) in [5.41, 5.74) is 3.73. The van der Waals surface area contributed by atoms with Gasteiger partial charge in [0.05, 0.1) is 0 Å². The molecule has 25 heavy (non-hydrogen) atoms. The van der Waals surface area contributed by atoms with Gasteiger partial charge in [-0.05, 0) is 91.3 Å². The molecule has 5 unspecified atom stereocenters. The summed E-state index contributed by atoms with van der Waals surface area (Å²) in [6.07, 6.45) is 18.9. The van der Waals surface area contributed by atoms with Crippen molar-refractivity contribution >= 4 is 0 Å². The average Bonchev–Trinajstić information content (AvgIpc) is 2.58. The minimum Gasteiger partial charge on any atom is -0.0844 e. The van der Waals surface area contributed by atoms with E-state index in [-0.39, 0.29) is 0 Å². The molecule has 142 valence electrons. The van der Waals surface area contributed by atoms with Crippen molar-refractivity contribution in [1.82, 2.24) is 0 Å². The molecule has 4 aliphatic carbocycles. The molecule has 0 heteroatoms. The number of fused-ring (bicyclic) bond motifs is 5. The van der Waals surface area contributed by atoms with Gasteiger partial charge in [-0.2, -0.15) is 0 Å². The molecular formula is C25H42. The maximum Gasteiger partial charge on any atom is -0.0143 e. The van der Waals surface area contributed by atoms with Crippen molar-refractivity contribution in [1.29, 1.82) is 0 Å². The lowest BCUT2D eigenvalue weighted by Crippen LogP contribution is -2.55. The quantitative estimate of drug-likeness (QED) is 0.449. The van der Waals surface area contributed by atoms with Crippen molar-refractivity contribution in [2.45, 2.75) is 105 Å². The van der Waals surface area contributed by atoms with Crippen LogP contribution in [0.25, 0.3) is 0 Å². The molecule has 3 saturated carbocycles. The summed E-state index contributed by atoms with van der Waals surface area (Å²) < 4.78 is 0. The van der Waals surface area contributed by atoms with Crippen LogP contribution < -0.4 is 0 Å². The maximum atomic E-state index is 2.80. The van der Waals surface area contributed by atoms with Gasteiger partial charge >= 0.3 is 0 Å². The molecule has 4 aliphatic rings. The molecule has 0 aromatic heterocycles. The highest BCUT2D eigenvalue weighted by Gasteiger charge is 2.59. The Hall–Kier alpha value is -0.260. The fourth-order valence-electron chi connectivity index (χ4n) is 8.44. The van der Waals surface area contributed by atoms with Crippen molar-refractivity contribution < 1.29 is 0 Å². The minimum absolute atomic E-state index is 0.567. The molecule has 0 radical (unpaired) electrons. The SMILES string of the molecule is CCC[C@@]1(C)C(C)CC[C@@]2(C)C3CCC4(C)CCCCC4C3=CCC12. The van der Waals surface area contributed by atoms with Crippen LogP contribution in [-0.2, 0) is 0 Å². The maximum absolute atomic E-state index is 2.80. The van der Waals surface area contributed by atoms with Gasteiger partial charge in [0.25, 0.3) is 0 Å². The molecule has 0 aromatic rings. The summed E-state index contributed by atoms with van der Waals surface area (Å²) in [5, 5.41) is 0. The van der Waals surface area contributed by atoms with E-state index in [9.17, 15) is 0 Å². The normalized spacial score (nSPS) is 52.6. The Balaban J connectivity index is 1.71. The molecule has 3 fully saturated rings. The Kier molecular flexibility index (Phi) is 4.45. The van der Waals surface area contributed by atoms with E-state index in [1.807, 2.05) is 5.57 Å². The molecule has 0 aromatic carbocycles. The van der Waals surface area contributed by atoms with Crippen LogP contribution >= 0.6 is 0 Å². The molecule has 0 spiro atoms. The van der Waals surface area contributed by atoms with Crippen molar-refractivity contribution in [3.8, 4) is 0 Å².